The van der Waals surface area contributed by atoms with Gasteiger partial charge in [-0.05, 0) is 30.2 Å². The predicted molar refractivity (Wildman–Crippen MR) is 104 cm³/mol. The summed E-state index contributed by atoms with van der Waals surface area (Å²) in [5.41, 5.74) is 5.05. The van der Waals surface area contributed by atoms with Crippen LogP contribution in [0, 0.1) is 5.92 Å². The first-order chi connectivity index (χ1) is 14.2. The minimum absolute atomic E-state index is 0.00290. The van der Waals surface area contributed by atoms with Gasteiger partial charge in [-0.3, -0.25) is 4.79 Å². The first-order valence-electron chi connectivity index (χ1n) is 9.19. The number of carbonyl (C=O) groups excluding carboxylic acids is 1. The molecular weight excluding hydrogens is 401 g/mol. The number of amides is 1. The molecule has 7 nitrogen and oxygen atoms in total. The molecule has 1 aromatic carbocycles. The molecule has 3 N–H and O–H groups in total. The number of nitrogens with zero attached hydrogens (tertiary/aromatic N) is 2. The van der Waals surface area contributed by atoms with Gasteiger partial charge in [0.15, 0.2) is 11.5 Å². The van der Waals surface area contributed by atoms with Gasteiger partial charge < -0.3 is 20.2 Å². The molecule has 0 aliphatic carbocycles. The molecule has 30 heavy (non-hydrogen) atoms. The summed E-state index contributed by atoms with van der Waals surface area (Å²) in [6, 6.07) is 5.19. The number of nitrogens with two attached hydrogens (primary N) is 1. The predicted octanol–water partition coefficient (Wildman–Crippen LogP) is 3.76. The van der Waals surface area contributed by atoms with Gasteiger partial charge in [-0.2, -0.15) is 13.2 Å². The van der Waals surface area contributed by atoms with E-state index in [1.165, 1.54) is 19.2 Å². The standard InChI is InChI=1S/C20H21F3N4O3/c1-10(2)9-25-18(28)17-14(8-24)30-19(27-17)12-4-6-13(29-3)16-11(12)5-7-15(26-16)20(21,22)23/h4-7,10H,8-9,24H2,1-3H3,(H,25,28). The maximum atomic E-state index is 13.1. The molecular formula is C20H21F3N4O3. The zero-order valence-electron chi connectivity index (χ0n) is 16.6. The zero-order valence-corrected chi connectivity index (χ0v) is 16.6. The Balaban J connectivity index is 2.12. The van der Waals surface area contributed by atoms with E-state index >= 15 is 0 Å². The second-order valence-corrected chi connectivity index (χ2v) is 7.00. The van der Waals surface area contributed by atoms with E-state index in [0.29, 0.717) is 17.5 Å². The molecule has 3 aromatic rings. The van der Waals surface area contributed by atoms with Crippen LogP contribution in [0.15, 0.2) is 28.7 Å². The number of halogens is 3. The highest BCUT2D eigenvalue weighted by Crippen LogP contribution is 2.36. The molecule has 10 heteroatoms. The van der Waals surface area contributed by atoms with Crippen LogP contribution in [-0.2, 0) is 12.7 Å². The largest absolute Gasteiger partial charge is 0.494 e. The summed E-state index contributed by atoms with van der Waals surface area (Å²) >= 11 is 0. The summed E-state index contributed by atoms with van der Waals surface area (Å²) in [6.45, 7) is 4.27. The Kier molecular flexibility index (Phi) is 5.97. The SMILES string of the molecule is COc1ccc(-c2nc(C(=O)NCC(C)C)c(CN)o2)c2ccc(C(F)(F)F)nc12. The fourth-order valence-electron chi connectivity index (χ4n) is 2.86. The van der Waals surface area contributed by atoms with Crippen molar-refractivity contribution in [2.75, 3.05) is 13.7 Å². The highest BCUT2D eigenvalue weighted by molar-refractivity contribution is 5.98. The number of benzene rings is 1. The lowest BCUT2D eigenvalue weighted by Gasteiger charge is -2.11. The maximum absolute atomic E-state index is 13.1. The quantitative estimate of drug-likeness (QED) is 0.627. The molecule has 2 aromatic heterocycles. The van der Waals surface area contributed by atoms with Crippen molar-refractivity contribution < 1.29 is 27.1 Å². The fourth-order valence-corrected chi connectivity index (χ4v) is 2.86. The summed E-state index contributed by atoms with van der Waals surface area (Å²) in [7, 11) is 1.34. The Bertz CT molecular complexity index is 1080. The first-order valence-corrected chi connectivity index (χ1v) is 9.19. The number of hydrogen-bond acceptors (Lipinski definition) is 6. The average molecular weight is 422 g/mol. The van der Waals surface area contributed by atoms with Gasteiger partial charge in [-0.1, -0.05) is 13.8 Å². The number of rotatable bonds is 6. The van der Waals surface area contributed by atoms with Crippen LogP contribution >= 0.6 is 0 Å². The van der Waals surface area contributed by atoms with Gasteiger partial charge in [0.2, 0.25) is 5.89 Å². The van der Waals surface area contributed by atoms with Gasteiger partial charge in [-0.25, -0.2) is 9.97 Å². The molecule has 0 unspecified atom stereocenters. The fraction of sp³-hybridized carbons (Fsp3) is 0.350. The molecule has 0 saturated heterocycles. The average Bonchev–Trinajstić information content (AvgIpc) is 3.14. The lowest BCUT2D eigenvalue weighted by atomic mass is 10.1. The van der Waals surface area contributed by atoms with Gasteiger partial charge in [0.25, 0.3) is 5.91 Å². The number of methoxy groups -OCH3 is 1. The van der Waals surface area contributed by atoms with Crippen molar-refractivity contribution in [3.05, 3.63) is 41.4 Å². The molecule has 0 radical (unpaired) electrons. The summed E-state index contributed by atoms with van der Waals surface area (Å²) in [5, 5.41) is 3.08. The summed E-state index contributed by atoms with van der Waals surface area (Å²) in [5.74, 6) is 0.199. The molecule has 1 amide bonds. The molecule has 0 aliphatic heterocycles. The number of carbonyl (C=O) groups is 1. The lowest BCUT2D eigenvalue weighted by Crippen LogP contribution is -2.28. The van der Waals surface area contributed by atoms with Gasteiger partial charge >= 0.3 is 6.18 Å². The molecule has 0 bridgehead atoms. The minimum Gasteiger partial charge on any atom is -0.494 e. The number of nitrogens with one attached hydrogen (secondary N) is 1. The van der Waals surface area contributed by atoms with Gasteiger partial charge in [0.1, 0.15) is 17.0 Å². The molecule has 0 saturated carbocycles. The van der Waals surface area contributed by atoms with Crippen molar-refractivity contribution in [2.45, 2.75) is 26.6 Å². The van der Waals surface area contributed by atoms with Crippen LogP contribution in [0.4, 0.5) is 13.2 Å². The van der Waals surface area contributed by atoms with E-state index < -0.39 is 17.8 Å². The topological polar surface area (TPSA) is 103 Å². The number of pyridine rings is 1. The smallest absolute Gasteiger partial charge is 0.433 e. The van der Waals surface area contributed by atoms with Crippen LogP contribution in [0.25, 0.3) is 22.4 Å². The Morgan fingerprint density at radius 2 is 1.97 bits per heavy atom. The third kappa shape index (κ3) is 4.23. The Hall–Kier alpha value is -3.14. The number of alkyl halides is 3. The van der Waals surface area contributed by atoms with Gasteiger partial charge in [-0.15, -0.1) is 0 Å². The monoisotopic (exact) mass is 422 g/mol. The maximum Gasteiger partial charge on any atom is 0.433 e. The van der Waals surface area contributed by atoms with Gasteiger partial charge in [0, 0.05) is 17.5 Å². The highest BCUT2D eigenvalue weighted by Gasteiger charge is 2.33. The summed E-state index contributed by atoms with van der Waals surface area (Å²) in [4.78, 5) is 20.4. The zero-order chi connectivity index (χ0) is 22.1. The third-order valence-electron chi connectivity index (χ3n) is 4.33. The third-order valence-corrected chi connectivity index (χ3v) is 4.33. The van der Waals surface area contributed by atoms with Crippen molar-refractivity contribution in [2.24, 2.45) is 11.7 Å². The van der Waals surface area contributed by atoms with E-state index in [1.807, 2.05) is 13.8 Å². The molecule has 0 fully saturated rings. The van der Waals surface area contributed by atoms with Crippen LogP contribution in [0.5, 0.6) is 5.75 Å². The molecule has 2 heterocycles. The van der Waals surface area contributed by atoms with Crippen molar-refractivity contribution in [3.63, 3.8) is 0 Å². The Morgan fingerprint density at radius 1 is 1.23 bits per heavy atom. The van der Waals surface area contributed by atoms with Crippen LogP contribution in [-0.4, -0.2) is 29.5 Å². The van der Waals surface area contributed by atoms with Crippen LogP contribution in [0.1, 0.15) is 35.8 Å². The molecule has 0 atom stereocenters. The van der Waals surface area contributed by atoms with Crippen LogP contribution < -0.4 is 15.8 Å². The van der Waals surface area contributed by atoms with Crippen molar-refractivity contribution in [1.82, 2.24) is 15.3 Å². The van der Waals surface area contributed by atoms with E-state index in [9.17, 15) is 18.0 Å². The van der Waals surface area contributed by atoms with E-state index in [4.69, 9.17) is 14.9 Å². The van der Waals surface area contributed by atoms with Crippen molar-refractivity contribution in [1.29, 1.82) is 0 Å². The van der Waals surface area contributed by atoms with Crippen molar-refractivity contribution in [3.8, 4) is 17.2 Å². The lowest BCUT2D eigenvalue weighted by molar-refractivity contribution is -0.140. The Labute approximate surface area is 170 Å². The van der Waals surface area contributed by atoms with E-state index in [0.717, 1.165) is 6.07 Å². The van der Waals surface area contributed by atoms with Crippen LogP contribution in [0.3, 0.4) is 0 Å². The number of oxazole rings is 1. The van der Waals surface area contributed by atoms with E-state index in [1.54, 1.807) is 6.07 Å². The number of aromatic nitrogens is 2. The normalized spacial score (nSPS) is 11.9. The number of ether oxygens (including phenoxy) is 1. The molecule has 0 spiro atoms. The highest BCUT2D eigenvalue weighted by atomic mass is 19.4. The van der Waals surface area contributed by atoms with E-state index in [-0.39, 0.29) is 41.1 Å². The second-order valence-electron chi connectivity index (χ2n) is 7.00. The minimum atomic E-state index is -4.60. The van der Waals surface area contributed by atoms with Crippen LogP contribution in [0.2, 0.25) is 0 Å². The number of fused-ring (bicyclic) bond motifs is 1. The second kappa shape index (κ2) is 8.31. The number of hydrogen-bond donors (Lipinski definition) is 2. The first kappa shape index (κ1) is 21.6. The molecule has 3 rings (SSSR count). The Morgan fingerprint density at radius 3 is 2.57 bits per heavy atom. The summed E-state index contributed by atoms with van der Waals surface area (Å²) < 4.78 is 50.1. The van der Waals surface area contributed by atoms with E-state index in [2.05, 4.69) is 15.3 Å². The summed E-state index contributed by atoms with van der Waals surface area (Å²) in [6.07, 6.45) is -4.60. The van der Waals surface area contributed by atoms with Crippen molar-refractivity contribution >= 4 is 16.8 Å². The molecule has 0 aliphatic rings. The van der Waals surface area contributed by atoms with Gasteiger partial charge in [0.05, 0.1) is 13.7 Å². The molecule has 160 valence electrons.